The van der Waals surface area contributed by atoms with Crippen LogP contribution in [0, 0.1) is 11.6 Å². The van der Waals surface area contributed by atoms with Crippen LogP contribution in [0.5, 0.6) is 5.75 Å². The zero-order valence-corrected chi connectivity index (χ0v) is 8.73. The Balaban J connectivity index is 2.04. The van der Waals surface area contributed by atoms with E-state index in [1.54, 1.807) is 0 Å². The molecule has 0 atom stereocenters. The smallest absolute Gasteiger partial charge is 0.141 e. The Morgan fingerprint density at radius 1 is 1.06 bits per heavy atom. The van der Waals surface area contributed by atoms with Crippen LogP contribution in [0.1, 0.15) is 5.69 Å². The fourth-order valence-electron chi connectivity index (χ4n) is 1.21. The van der Waals surface area contributed by atoms with Gasteiger partial charge in [0.1, 0.15) is 29.8 Å². The van der Waals surface area contributed by atoms with E-state index in [1.165, 1.54) is 12.4 Å². The first-order chi connectivity index (χ1) is 8.13. The van der Waals surface area contributed by atoms with Crippen LogP contribution >= 0.6 is 0 Å². The van der Waals surface area contributed by atoms with Gasteiger partial charge in [-0.2, -0.15) is 0 Å². The van der Waals surface area contributed by atoms with Crippen molar-refractivity contribution in [2.24, 2.45) is 0 Å². The molecule has 1 aromatic heterocycles. The molecule has 1 aromatic carbocycles. The molecule has 2 rings (SSSR count). The van der Waals surface area contributed by atoms with Gasteiger partial charge in [-0.3, -0.25) is 4.98 Å². The number of hydrogen-bond donors (Lipinski definition) is 1. The third kappa shape index (κ3) is 3.10. The van der Waals surface area contributed by atoms with Crippen molar-refractivity contribution in [3.63, 3.8) is 0 Å². The molecule has 88 valence electrons. The van der Waals surface area contributed by atoms with Gasteiger partial charge < -0.3 is 10.5 Å². The fraction of sp³-hybridized carbons (Fsp3) is 0.0909. The van der Waals surface area contributed by atoms with E-state index < -0.39 is 11.6 Å². The molecule has 2 N–H and O–H groups in total. The Labute approximate surface area is 96.1 Å². The van der Waals surface area contributed by atoms with Crippen molar-refractivity contribution >= 4 is 5.82 Å². The van der Waals surface area contributed by atoms with Crippen LogP contribution in [0.2, 0.25) is 0 Å². The highest BCUT2D eigenvalue weighted by Crippen LogP contribution is 2.16. The molecule has 4 nitrogen and oxygen atoms in total. The van der Waals surface area contributed by atoms with Crippen molar-refractivity contribution in [2.75, 3.05) is 5.73 Å². The number of nitrogens with zero attached hydrogens (tertiary/aromatic N) is 2. The van der Waals surface area contributed by atoms with E-state index in [4.69, 9.17) is 10.5 Å². The van der Waals surface area contributed by atoms with Gasteiger partial charge in [0.05, 0.1) is 18.1 Å². The minimum atomic E-state index is -0.691. The van der Waals surface area contributed by atoms with E-state index in [2.05, 4.69) is 9.97 Å². The second-order valence-corrected chi connectivity index (χ2v) is 3.33. The Bertz CT molecular complexity index is 496. The normalized spacial score (nSPS) is 10.2. The van der Waals surface area contributed by atoms with Gasteiger partial charge in [0.15, 0.2) is 0 Å². The van der Waals surface area contributed by atoms with E-state index >= 15 is 0 Å². The zero-order valence-electron chi connectivity index (χ0n) is 8.73. The predicted octanol–water partition coefficient (Wildman–Crippen LogP) is 1.92. The monoisotopic (exact) mass is 237 g/mol. The van der Waals surface area contributed by atoms with Crippen LogP contribution in [0.15, 0.2) is 30.6 Å². The summed E-state index contributed by atoms with van der Waals surface area (Å²) in [5.74, 6) is -0.988. The number of halogens is 2. The van der Waals surface area contributed by atoms with E-state index in [-0.39, 0.29) is 12.4 Å². The quantitative estimate of drug-likeness (QED) is 0.885. The molecule has 0 radical (unpaired) electrons. The number of anilines is 1. The first kappa shape index (κ1) is 11.3. The van der Waals surface area contributed by atoms with Crippen molar-refractivity contribution in [3.05, 3.63) is 47.9 Å². The van der Waals surface area contributed by atoms with E-state index in [0.29, 0.717) is 11.5 Å². The van der Waals surface area contributed by atoms with Crippen molar-refractivity contribution in [2.45, 2.75) is 6.61 Å². The lowest BCUT2D eigenvalue weighted by atomic mass is 10.3. The number of nitrogens with two attached hydrogens (primary N) is 1. The average Bonchev–Trinajstić information content (AvgIpc) is 2.27. The van der Waals surface area contributed by atoms with E-state index in [9.17, 15) is 8.78 Å². The van der Waals surface area contributed by atoms with Crippen LogP contribution in [0.25, 0.3) is 0 Å². The molecule has 17 heavy (non-hydrogen) atoms. The second kappa shape index (κ2) is 4.73. The average molecular weight is 237 g/mol. The maximum atomic E-state index is 12.8. The summed E-state index contributed by atoms with van der Waals surface area (Å²) < 4.78 is 30.9. The minimum Gasteiger partial charge on any atom is -0.487 e. The Morgan fingerprint density at radius 3 is 2.35 bits per heavy atom. The van der Waals surface area contributed by atoms with Crippen molar-refractivity contribution in [1.29, 1.82) is 0 Å². The van der Waals surface area contributed by atoms with Gasteiger partial charge in [-0.15, -0.1) is 0 Å². The van der Waals surface area contributed by atoms with Gasteiger partial charge in [0.2, 0.25) is 0 Å². The minimum absolute atomic E-state index is 0.0656. The maximum Gasteiger partial charge on any atom is 0.141 e. The summed E-state index contributed by atoms with van der Waals surface area (Å²) in [6.07, 6.45) is 2.82. The van der Waals surface area contributed by atoms with Gasteiger partial charge in [-0.25, -0.2) is 13.8 Å². The Hall–Kier alpha value is -2.24. The molecule has 0 bridgehead atoms. The van der Waals surface area contributed by atoms with Gasteiger partial charge in [-0.1, -0.05) is 0 Å². The highest BCUT2D eigenvalue weighted by molar-refractivity contribution is 5.25. The summed E-state index contributed by atoms with van der Waals surface area (Å²) in [7, 11) is 0. The molecule has 0 aliphatic carbocycles. The molecule has 0 saturated carbocycles. The first-order valence-corrected chi connectivity index (χ1v) is 4.79. The largest absolute Gasteiger partial charge is 0.487 e. The van der Waals surface area contributed by atoms with Crippen LogP contribution in [0.4, 0.5) is 14.6 Å². The number of benzene rings is 1. The fourth-order valence-corrected chi connectivity index (χ4v) is 1.21. The highest BCUT2D eigenvalue weighted by Gasteiger charge is 2.02. The molecule has 6 heteroatoms. The molecule has 2 aromatic rings. The summed E-state index contributed by atoms with van der Waals surface area (Å²) in [5.41, 5.74) is 5.88. The Kier molecular flexibility index (Phi) is 3.13. The predicted molar refractivity (Wildman–Crippen MR) is 57.1 cm³/mol. The number of aromatic nitrogens is 2. The lowest BCUT2D eigenvalue weighted by Crippen LogP contribution is -2.01. The lowest BCUT2D eigenvalue weighted by Gasteiger charge is -2.05. The zero-order chi connectivity index (χ0) is 12.3. The molecular weight excluding hydrogens is 228 g/mol. The molecular formula is C11H9F2N3O. The molecule has 0 aliphatic heterocycles. The molecule has 0 saturated heterocycles. The van der Waals surface area contributed by atoms with Crippen LogP contribution < -0.4 is 10.5 Å². The third-order valence-electron chi connectivity index (χ3n) is 1.95. The molecule has 1 heterocycles. The number of hydrogen-bond acceptors (Lipinski definition) is 4. The number of rotatable bonds is 3. The number of ether oxygens (including phenoxy) is 1. The third-order valence-corrected chi connectivity index (χ3v) is 1.95. The standard InChI is InChI=1S/C11H9F2N3O/c12-7-1-8(13)3-10(2-7)17-6-9-4-16-11(14)5-15-9/h1-5H,6H2,(H2,14,16). The molecule has 0 spiro atoms. The van der Waals surface area contributed by atoms with Crippen molar-refractivity contribution in [3.8, 4) is 5.75 Å². The summed E-state index contributed by atoms with van der Waals surface area (Å²) in [4.78, 5) is 7.75. The molecule has 0 aliphatic rings. The van der Waals surface area contributed by atoms with E-state index in [0.717, 1.165) is 18.2 Å². The lowest BCUT2D eigenvalue weighted by molar-refractivity contribution is 0.297. The first-order valence-electron chi connectivity index (χ1n) is 4.79. The summed E-state index contributed by atoms with van der Waals surface area (Å²) >= 11 is 0. The van der Waals surface area contributed by atoms with Gasteiger partial charge in [0, 0.05) is 18.2 Å². The molecule has 0 amide bonds. The maximum absolute atomic E-state index is 12.8. The number of nitrogen functional groups attached to an aromatic ring is 1. The van der Waals surface area contributed by atoms with Gasteiger partial charge in [-0.05, 0) is 0 Å². The summed E-state index contributed by atoms with van der Waals surface area (Å²) in [5, 5.41) is 0. The summed E-state index contributed by atoms with van der Waals surface area (Å²) in [6, 6.07) is 2.96. The second-order valence-electron chi connectivity index (χ2n) is 3.33. The van der Waals surface area contributed by atoms with Crippen molar-refractivity contribution < 1.29 is 13.5 Å². The van der Waals surface area contributed by atoms with Gasteiger partial charge >= 0.3 is 0 Å². The topological polar surface area (TPSA) is 61.0 Å². The van der Waals surface area contributed by atoms with E-state index in [1.807, 2.05) is 0 Å². The van der Waals surface area contributed by atoms with Crippen LogP contribution in [-0.2, 0) is 6.61 Å². The molecule has 0 unspecified atom stereocenters. The highest BCUT2D eigenvalue weighted by atomic mass is 19.1. The SMILES string of the molecule is Nc1cnc(COc2cc(F)cc(F)c2)cn1. The van der Waals surface area contributed by atoms with Crippen LogP contribution in [-0.4, -0.2) is 9.97 Å². The van der Waals surface area contributed by atoms with Gasteiger partial charge in [0.25, 0.3) is 0 Å². The molecule has 0 fully saturated rings. The van der Waals surface area contributed by atoms with Crippen LogP contribution in [0.3, 0.4) is 0 Å². The summed E-state index contributed by atoms with van der Waals surface area (Å²) in [6.45, 7) is 0.0656. The van der Waals surface area contributed by atoms with Crippen molar-refractivity contribution in [1.82, 2.24) is 9.97 Å². The Morgan fingerprint density at radius 2 is 1.76 bits per heavy atom.